The third-order valence-electron chi connectivity index (χ3n) is 4.61. The van der Waals surface area contributed by atoms with E-state index in [9.17, 15) is 14.0 Å². The van der Waals surface area contributed by atoms with E-state index in [1.165, 1.54) is 23.5 Å². The van der Waals surface area contributed by atoms with Crippen molar-refractivity contribution in [2.45, 2.75) is 26.3 Å². The van der Waals surface area contributed by atoms with Crippen LogP contribution < -0.4 is 16.0 Å². The quantitative estimate of drug-likeness (QED) is 0.406. The number of nitrogens with one attached hydrogen (secondary N) is 3. The first kappa shape index (κ1) is 22.8. The molecule has 0 aliphatic heterocycles. The second-order valence-corrected chi connectivity index (χ2v) is 8.77. The molecular weight excluding hydrogens is 485 g/mol. The molecule has 7 nitrogen and oxygen atoms in total. The standard InChI is InChI=1S/C21H21BrFN5O2S/c1-3-12(2)17(25-20(30)24-16-6-4-5-14(22)11-16)18(29)26-21-28-27-19(31-21)13-7-9-15(23)10-8-13/h4-12,17H,3H2,1-2H3,(H2,24,25,30)(H,26,28,29)/t12-,17-/m0/s1. The number of hydrogen-bond acceptors (Lipinski definition) is 5. The van der Waals surface area contributed by atoms with Gasteiger partial charge >= 0.3 is 6.03 Å². The predicted octanol–water partition coefficient (Wildman–Crippen LogP) is 5.28. The normalized spacial score (nSPS) is 12.6. The van der Waals surface area contributed by atoms with E-state index in [0.29, 0.717) is 27.8 Å². The Kier molecular flexibility index (Phi) is 7.69. The Hall–Kier alpha value is -2.85. The minimum atomic E-state index is -0.768. The first-order chi connectivity index (χ1) is 14.9. The summed E-state index contributed by atoms with van der Waals surface area (Å²) >= 11 is 4.52. The molecule has 2 atom stereocenters. The molecule has 0 saturated carbocycles. The van der Waals surface area contributed by atoms with E-state index < -0.39 is 12.1 Å². The van der Waals surface area contributed by atoms with E-state index in [1.54, 1.807) is 30.3 Å². The zero-order chi connectivity index (χ0) is 22.4. The Morgan fingerprint density at radius 1 is 1.13 bits per heavy atom. The van der Waals surface area contributed by atoms with Crippen molar-refractivity contribution in [1.82, 2.24) is 15.5 Å². The summed E-state index contributed by atoms with van der Waals surface area (Å²) in [6.45, 7) is 3.82. The lowest BCUT2D eigenvalue weighted by Crippen LogP contribution is -2.49. The summed E-state index contributed by atoms with van der Waals surface area (Å²) in [5.41, 5.74) is 1.30. The maximum absolute atomic E-state index is 13.1. The fourth-order valence-electron chi connectivity index (χ4n) is 2.74. The Morgan fingerprint density at radius 3 is 2.55 bits per heavy atom. The minimum Gasteiger partial charge on any atom is -0.326 e. The second kappa shape index (κ2) is 10.5. The summed E-state index contributed by atoms with van der Waals surface area (Å²) in [4.78, 5) is 25.3. The number of nitrogens with zero attached hydrogens (tertiary/aromatic N) is 2. The van der Waals surface area contributed by atoms with Gasteiger partial charge in [-0.15, -0.1) is 10.2 Å². The lowest BCUT2D eigenvalue weighted by atomic mass is 9.98. The highest BCUT2D eigenvalue weighted by atomic mass is 79.9. The summed E-state index contributed by atoms with van der Waals surface area (Å²) in [5.74, 6) is -0.844. The van der Waals surface area contributed by atoms with Crippen molar-refractivity contribution in [2.24, 2.45) is 5.92 Å². The number of anilines is 2. The van der Waals surface area contributed by atoms with Crippen LogP contribution in [-0.2, 0) is 4.79 Å². The molecule has 3 amide bonds. The topological polar surface area (TPSA) is 96.0 Å². The van der Waals surface area contributed by atoms with Crippen LogP contribution in [0.1, 0.15) is 20.3 Å². The van der Waals surface area contributed by atoms with E-state index in [2.05, 4.69) is 42.1 Å². The molecule has 3 rings (SSSR count). The highest BCUT2D eigenvalue weighted by Gasteiger charge is 2.27. The van der Waals surface area contributed by atoms with Crippen LogP contribution in [0.25, 0.3) is 10.6 Å². The summed E-state index contributed by atoms with van der Waals surface area (Å²) in [6.07, 6.45) is 0.687. The minimum absolute atomic E-state index is 0.113. The molecular formula is C21H21BrFN5O2S. The SMILES string of the molecule is CC[C@H](C)[C@H](NC(=O)Nc1cccc(Br)c1)C(=O)Nc1nnc(-c2ccc(F)cc2)s1. The molecule has 1 heterocycles. The summed E-state index contributed by atoms with van der Waals surface area (Å²) in [5, 5.41) is 17.1. The molecule has 0 saturated heterocycles. The van der Waals surface area contributed by atoms with Crippen molar-refractivity contribution in [2.75, 3.05) is 10.6 Å². The fourth-order valence-corrected chi connectivity index (χ4v) is 3.89. The van der Waals surface area contributed by atoms with Gasteiger partial charge in [0.15, 0.2) is 0 Å². The third kappa shape index (κ3) is 6.31. The first-order valence-electron chi connectivity index (χ1n) is 9.59. The van der Waals surface area contributed by atoms with Gasteiger partial charge in [0.05, 0.1) is 0 Å². The number of aromatic nitrogens is 2. The van der Waals surface area contributed by atoms with E-state index in [-0.39, 0.29) is 17.6 Å². The smallest absolute Gasteiger partial charge is 0.319 e. The average Bonchev–Trinajstić information content (AvgIpc) is 3.20. The first-order valence-corrected chi connectivity index (χ1v) is 11.2. The number of halogens is 2. The van der Waals surface area contributed by atoms with Crippen molar-refractivity contribution >= 4 is 50.0 Å². The number of urea groups is 1. The van der Waals surface area contributed by atoms with E-state index in [1.807, 2.05) is 19.9 Å². The lowest BCUT2D eigenvalue weighted by molar-refractivity contribution is -0.119. The number of rotatable bonds is 7. The Bertz CT molecular complexity index is 1060. The molecule has 2 aromatic carbocycles. The van der Waals surface area contributed by atoms with Gasteiger partial charge in [0.1, 0.15) is 16.9 Å². The van der Waals surface area contributed by atoms with Gasteiger partial charge in [0.2, 0.25) is 11.0 Å². The fraction of sp³-hybridized carbons (Fsp3) is 0.238. The molecule has 0 radical (unpaired) electrons. The molecule has 0 spiro atoms. The molecule has 0 aliphatic rings. The number of amides is 3. The van der Waals surface area contributed by atoms with Gasteiger partial charge in [0.25, 0.3) is 0 Å². The molecule has 0 aliphatic carbocycles. The molecule has 31 heavy (non-hydrogen) atoms. The van der Waals surface area contributed by atoms with E-state index >= 15 is 0 Å². The molecule has 3 N–H and O–H groups in total. The summed E-state index contributed by atoms with van der Waals surface area (Å²) < 4.78 is 13.9. The average molecular weight is 506 g/mol. The second-order valence-electron chi connectivity index (χ2n) is 6.88. The van der Waals surface area contributed by atoms with Crippen LogP contribution in [0.5, 0.6) is 0 Å². The van der Waals surface area contributed by atoms with Gasteiger partial charge in [0, 0.05) is 15.7 Å². The van der Waals surface area contributed by atoms with Crippen LogP contribution in [0.2, 0.25) is 0 Å². The number of hydrogen-bond donors (Lipinski definition) is 3. The molecule has 162 valence electrons. The van der Waals surface area contributed by atoms with Gasteiger partial charge in [-0.25, -0.2) is 9.18 Å². The van der Waals surface area contributed by atoms with Gasteiger partial charge in [-0.3, -0.25) is 10.1 Å². The number of benzene rings is 2. The maximum Gasteiger partial charge on any atom is 0.319 e. The summed E-state index contributed by atoms with van der Waals surface area (Å²) in [6, 6.07) is 11.8. The molecule has 1 aromatic heterocycles. The Morgan fingerprint density at radius 2 is 1.87 bits per heavy atom. The largest absolute Gasteiger partial charge is 0.326 e. The molecule has 3 aromatic rings. The van der Waals surface area contributed by atoms with Crippen LogP contribution in [0.15, 0.2) is 53.0 Å². The summed E-state index contributed by atoms with van der Waals surface area (Å²) in [7, 11) is 0. The van der Waals surface area contributed by atoms with Gasteiger partial charge in [-0.1, -0.05) is 53.6 Å². The molecule has 0 unspecified atom stereocenters. The van der Waals surface area contributed by atoms with Crippen LogP contribution in [0.4, 0.5) is 20.0 Å². The van der Waals surface area contributed by atoms with Crippen molar-refractivity contribution < 1.29 is 14.0 Å². The van der Waals surface area contributed by atoms with Crippen LogP contribution in [0, 0.1) is 11.7 Å². The lowest BCUT2D eigenvalue weighted by Gasteiger charge is -2.23. The number of carbonyl (C=O) groups excluding carboxylic acids is 2. The maximum atomic E-state index is 13.1. The van der Waals surface area contributed by atoms with Crippen LogP contribution >= 0.6 is 27.3 Å². The Labute approximate surface area is 191 Å². The Balaban J connectivity index is 1.67. The van der Waals surface area contributed by atoms with Gasteiger partial charge < -0.3 is 10.6 Å². The van der Waals surface area contributed by atoms with Crippen molar-refractivity contribution in [3.63, 3.8) is 0 Å². The molecule has 10 heteroatoms. The monoisotopic (exact) mass is 505 g/mol. The number of carbonyl (C=O) groups is 2. The molecule has 0 bridgehead atoms. The van der Waals surface area contributed by atoms with Crippen LogP contribution in [0.3, 0.4) is 0 Å². The van der Waals surface area contributed by atoms with E-state index in [0.717, 1.165) is 4.47 Å². The third-order valence-corrected chi connectivity index (χ3v) is 5.99. The van der Waals surface area contributed by atoms with Gasteiger partial charge in [-0.2, -0.15) is 0 Å². The zero-order valence-corrected chi connectivity index (χ0v) is 19.3. The van der Waals surface area contributed by atoms with E-state index in [4.69, 9.17) is 0 Å². The van der Waals surface area contributed by atoms with Crippen molar-refractivity contribution in [1.29, 1.82) is 0 Å². The zero-order valence-electron chi connectivity index (χ0n) is 16.9. The predicted molar refractivity (Wildman–Crippen MR) is 123 cm³/mol. The van der Waals surface area contributed by atoms with Crippen molar-refractivity contribution in [3.8, 4) is 10.6 Å². The van der Waals surface area contributed by atoms with Crippen LogP contribution in [-0.4, -0.2) is 28.2 Å². The highest BCUT2D eigenvalue weighted by molar-refractivity contribution is 9.10. The molecule has 0 fully saturated rings. The highest BCUT2D eigenvalue weighted by Crippen LogP contribution is 2.26. The van der Waals surface area contributed by atoms with Gasteiger partial charge in [-0.05, 0) is 48.4 Å². The van der Waals surface area contributed by atoms with Crippen molar-refractivity contribution in [3.05, 3.63) is 58.8 Å².